The van der Waals surface area contributed by atoms with Gasteiger partial charge in [0.05, 0.1) is 12.2 Å². The molecule has 1 N–H and O–H groups in total. The molecular weight excluding hydrogens is 262 g/mol. The summed E-state index contributed by atoms with van der Waals surface area (Å²) in [5.74, 6) is -1.80. The Hall–Kier alpha value is -2.05. The largest absolute Gasteiger partial charge is 0.481 e. The van der Waals surface area contributed by atoms with E-state index in [1.54, 1.807) is 38.7 Å². The zero-order valence-corrected chi connectivity index (χ0v) is 12.1. The molecule has 0 saturated heterocycles. The Morgan fingerprint density at radius 1 is 1.45 bits per heavy atom. The second-order valence-electron chi connectivity index (χ2n) is 5.96. The van der Waals surface area contributed by atoms with Crippen LogP contribution in [0.3, 0.4) is 0 Å². The molecule has 1 aliphatic heterocycles. The highest BCUT2D eigenvalue weighted by molar-refractivity contribution is 5.78. The Bertz CT molecular complexity index is 544. The summed E-state index contributed by atoms with van der Waals surface area (Å²) in [6.07, 6.45) is 1.24. The van der Waals surface area contributed by atoms with Gasteiger partial charge in [-0.3, -0.25) is 9.48 Å². The number of hydrogen-bond acceptors (Lipinski definition) is 4. The number of nitrogens with zero attached hydrogens (tertiary/aromatic N) is 3. The Morgan fingerprint density at radius 3 is 2.65 bits per heavy atom. The van der Waals surface area contributed by atoms with Gasteiger partial charge < -0.3 is 14.7 Å². The third-order valence-electron chi connectivity index (χ3n) is 2.98. The highest BCUT2D eigenvalue weighted by atomic mass is 16.6. The summed E-state index contributed by atoms with van der Waals surface area (Å²) >= 11 is 0. The molecule has 20 heavy (non-hydrogen) atoms. The number of aryl methyl sites for hydroxylation is 1. The average Bonchev–Trinajstić information content (AvgIpc) is 2.64. The second-order valence-corrected chi connectivity index (χ2v) is 5.96. The predicted octanol–water partition coefficient (Wildman–Crippen LogP) is 1.34. The molecular formula is C13H19N3O4. The number of aliphatic carboxylic acids is 1. The van der Waals surface area contributed by atoms with E-state index in [-0.39, 0.29) is 6.54 Å². The first kappa shape index (κ1) is 14.4. The van der Waals surface area contributed by atoms with Gasteiger partial charge in [0, 0.05) is 25.4 Å². The van der Waals surface area contributed by atoms with Gasteiger partial charge >= 0.3 is 12.1 Å². The average molecular weight is 281 g/mol. The minimum Gasteiger partial charge on any atom is -0.481 e. The Morgan fingerprint density at radius 2 is 2.10 bits per heavy atom. The van der Waals surface area contributed by atoms with E-state index >= 15 is 0 Å². The van der Waals surface area contributed by atoms with Crippen molar-refractivity contribution >= 4 is 12.1 Å². The molecule has 1 amide bonds. The maximum atomic E-state index is 12.1. The highest BCUT2D eigenvalue weighted by Crippen LogP contribution is 2.28. The van der Waals surface area contributed by atoms with Crippen LogP contribution in [-0.2, 0) is 23.1 Å². The lowest BCUT2D eigenvalue weighted by atomic mass is 9.97. The van der Waals surface area contributed by atoms with Gasteiger partial charge in [-0.2, -0.15) is 5.10 Å². The number of rotatable bonds is 1. The molecule has 1 aromatic rings. The number of ether oxygens (including phenoxy) is 1. The molecule has 0 aliphatic carbocycles. The molecule has 0 saturated carbocycles. The number of amides is 1. The van der Waals surface area contributed by atoms with Crippen molar-refractivity contribution in [1.82, 2.24) is 14.7 Å². The summed E-state index contributed by atoms with van der Waals surface area (Å²) in [6.45, 7) is 5.73. The third-order valence-corrected chi connectivity index (χ3v) is 2.98. The second kappa shape index (κ2) is 4.81. The number of carbonyl (C=O) groups is 2. The van der Waals surface area contributed by atoms with E-state index in [2.05, 4.69) is 5.10 Å². The normalized spacial score (nSPS) is 18.6. The standard InChI is InChI=1S/C13H19N3O4/c1-13(2,3)20-12(19)16-6-8-5-15(4)14-10(8)9(7-16)11(17)18/h5,9H,6-7H2,1-4H3,(H,17,18). The number of carboxylic acids is 1. The molecule has 0 bridgehead atoms. The molecule has 1 aliphatic rings. The Kier molecular flexibility index (Phi) is 3.45. The number of fused-ring (bicyclic) bond motifs is 1. The van der Waals surface area contributed by atoms with Crippen LogP contribution in [-0.4, -0.2) is 44.0 Å². The molecule has 0 fully saturated rings. The fourth-order valence-electron chi connectivity index (χ4n) is 2.21. The van der Waals surface area contributed by atoms with Crippen LogP contribution in [0, 0.1) is 0 Å². The fourth-order valence-corrected chi connectivity index (χ4v) is 2.21. The van der Waals surface area contributed by atoms with Crippen LogP contribution in [0.5, 0.6) is 0 Å². The SMILES string of the molecule is Cn1cc2c(n1)C(C(=O)O)CN(C(=O)OC(C)(C)C)C2. The summed E-state index contributed by atoms with van der Waals surface area (Å²) in [5.41, 5.74) is 0.669. The van der Waals surface area contributed by atoms with Crippen LogP contribution >= 0.6 is 0 Å². The van der Waals surface area contributed by atoms with Crippen LogP contribution in [0.15, 0.2) is 6.20 Å². The topological polar surface area (TPSA) is 84.7 Å². The van der Waals surface area contributed by atoms with Crippen molar-refractivity contribution in [2.45, 2.75) is 38.8 Å². The fraction of sp³-hybridized carbons (Fsp3) is 0.615. The maximum absolute atomic E-state index is 12.1. The molecule has 7 heteroatoms. The lowest BCUT2D eigenvalue weighted by Gasteiger charge is -2.31. The zero-order valence-electron chi connectivity index (χ0n) is 12.1. The molecule has 110 valence electrons. The smallest absolute Gasteiger partial charge is 0.410 e. The maximum Gasteiger partial charge on any atom is 0.410 e. The van der Waals surface area contributed by atoms with Crippen LogP contribution in [0.1, 0.15) is 37.9 Å². The van der Waals surface area contributed by atoms with E-state index in [1.807, 2.05) is 0 Å². The summed E-state index contributed by atoms with van der Waals surface area (Å²) in [7, 11) is 1.73. The van der Waals surface area contributed by atoms with E-state index in [9.17, 15) is 14.7 Å². The minimum absolute atomic E-state index is 0.0776. The van der Waals surface area contributed by atoms with Crippen molar-refractivity contribution in [3.63, 3.8) is 0 Å². The Labute approximate surface area is 117 Å². The van der Waals surface area contributed by atoms with E-state index in [4.69, 9.17) is 4.74 Å². The molecule has 1 atom stereocenters. The molecule has 2 heterocycles. The van der Waals surface area contributed by atoms with Crippen molar-refractivity contribution in [3.8, 4) is 0 Å². The van der Waals surface area contributed by atoms with Gasteiger partial charge in [-0.15, -0.1) is 0 Å². The lowest BCUT2D eigenvalue weighted by molar-refractivity contribution is -0.139. The number of hydrogen-bond donors (Lipinski definition) is 1. The van der Waals surface area contributed by atoms with E-state index in [1.165, 1.54) is 4.90 Å². The number of aromatic nitrogens is 2. The quantitative estimate of drug-likeness (QED) is 0.839. The predicted molar refractivity (Wildman–Crippen MR) is 70.2 cm³/mol. The van der Waals surface area contributed by atoms with E-state index < -0.39 is 23.6 Å². The van der Waals surface area contributed by atoms with Gasteiger partial charge in [-0.25, -0.2) is 4.79 Å². The molecule has 1 unspecified atom stereocenters. The van der Waals surface area contributed by atoms with E-state index in [0.29, 0.717) is 12.2 Å². The summed E-state index contributed by atoms with van der Waals surface area (Å²) in [6, 6.07) is 0. The minimum atomic E-state index is -0.988. The van der Waals surface area contributed by atoms with Gasteiger partial charge in [0.2, 0.25) is 0 Å². The lowest BCUT2D eigenvalue weighted by Crippen LogP contribution is -2.43. The monoisotopic (exact) mass is 281 g/mol. The Balaban J connectivity index is 2.24. The van der Waals surface area contributed by atoms with Gasteiger partial charge in [0.25, 0.3) is 0 Å². The van der Waals surface area contributed by atoms with Crippen molar-refractivity contribution in [2.75, 3.05) is 6.54 Å². The van der Waals surface area contributed by atoms with Gasteiger partial charge in [-0.05, 0) is 20.8 Å². The molecule has 0 aromatic carbocycles. The van der Waals surface area contributed by atoms with Crippen molar-refractivity contribution in [3.05, 3.63) is 17.5 Å². The molecule has 7 nitrogen and oxygen atoms in total. The molecule has 0 spiro atoms. The number of carboxylic acid groups (broad SMARTS) is 1. The van der Waals surface area contributed by atoms with Crippen LogP contribution in [0.25, 0.3) is 0 Å². The summed E-state index contributed by atoms with van der Waals surface area (Å²) in [4.78, 5) is 24.8. The zero-order chi connectivity index (χ0) is 15.1. The van der Waals surface area contributed by atoms with Crippen molar-refractivity contribution in [2.24, 2.45) is 7.05 Å². The third kappa shape index (κ3) is 2.92. The van der Waals surface area contributed by atoms with Crippen LogP contribution in [0.4, 0.5) is 4.79 Å². The molecule has 1 aromatic heterocycles. The van der Waals surface area contributed by atoms with Gasteiger partial charge in [0.15, 0.2) is 0 Å². The first-order valence-electron chi connectivity index (χ1n) is 6.40. The molecule has 2 rings (SSSR count). The van der Waals surface area contributed by atoms with Crippen molar-refractivity contribution in [1.29, 1.82) is 0 Å². The summed E-state index contributed by atoms with van der Waals surface area (Å²) in [5, 5.41) is 13.5. The first-order chi connectivity index (χ1) is 9.17. The highest BCUT2D eigenvalue weighted by Gasteiger charge is 2.36. The first-order valence-corrected chi connectivity index (χ1v) is 6.40. The van der Waals surface area contributed by atoms with E-state index in [0.717, 1.165) is 5.56 Å². The van der Waals surface area contributed by atoms with Crippen molar-refractivity contribution < 1.29 is 19.4 Å². The van der Waals surface area contributed by atoms with Crippen LogP contribution in [0.2, 0.25) is 0 Å². The summed E-state index contributed by atoms with van der Waals surface area (Å²) < 4.78 is 6.86. The molecule has 0 radical (unpaired) electrons. The number of carbonyl (C=O) groups excluding carboxylic acids is 1. The van der Waals surface area contributed by atoms with Gasteiger partial charge in [-0.1, -0.05) is 0 Å². The van der Waals surface area contributed by atoms with Crippen LogP contribution < -0.4 is 0 Å². The van der Waals surface area contributed by atoms with Gasteiger partial charge in [0.1, 0.15) is 11.5 Å².